The van der Waals surface area contributed by atoms with Gasteiger partial charge in [-0.05, 0) is 30.7 Å². The Bertz CT molecular complexity index is 389. The molecule has 3 heteroatoms. The van der Waals surface area contributed by atoms with Crippen molar-refractivity contribution >= 4 is 16.5 Å². The Morgan fingerprint density at radius 1 is 0.810 bits per heavy atom. The van der Waals surface area contributed by atoms with Gasteiger partial charge in [-0.3, -0.25) is 4.21 Å². The van der Waals surface area contributed by atoms with Gasteiger partial charge in [0.25, 0.3) is 0 Å². The molecule has 0 aromatic heterocycles. The minimum Gasteiger partial charge on any atom is -0.399 e. The zero-order valence-corrected chi connectivity index (χ0v) is 14.3. The zero-order valence-electron chi connectivity index (χ0n) is 13.5. The maximum atomic E-state index is 12.1. The SMILES string of the molecule is CCCCCCCCCCCCS(=O)c1ccc(N)cc1. The van der Waals surface area contributed by atoms with Crippen LogP contribution < -0.4 is 5.73 Å². The molecule has 1 rings (SSSR count). The van der Waals surface area contributed by atoms with E-state index in [1.807, 2.05) is 24.3 Å². The molecule has 0 aliphatic rings. The van der Waals surface area contributed by atoms with Crippen molar-refractivity contribution in [1.82, 2.24) is 0 Å². The van der Waals surface area contributed by atoms with E-state index < -0.39 is 10.8 Å². The summed E-state index contributed by atoms with van der Waals surface area (Å²) in [7, 11) is -0.860. The van der Waals surface area contributed by atoms with Crippen LogP contribution in [0.5, 0.6) is 0 Å². The second-order valence-corrected chi connectivity index (χ2v) is 7.37. The lowest BCUT2D eigenvalue weighted by molar-refractivity contribution is 0.562. The fraction of sp³-hybridized carbons (Fsp3) is 0.667. The second-order valence-electron chi connectivity index (χ2n) is 5.80. The van der Waals surface area contributed by atoms with Crippen LogP contribution in [0, 0.1) is 0 Å². The topological polar surface area (TPSA) is 43.1 Å². The Morgan fingerprint density at radius 2 is 1.29 bits per heavy atom. The summed E-state index contributed by atoms with van der Waals surface area (Å²) in [5.41, 5.74) is 6.37. The van der Waals surface area contributed by atoms with Gasteiger partial charge in [0.05, 0.1) is 10.8 Å². The molecule has 0 saturated heterocycles. The van der Waals surface area contributed by atoms with Gasteiger partial charge in [-0.1, -0.05) is 64.7 Å². The molecule has 2 N–H and O–H groups in total. The second kappa shape index (κ2) is 11.8. The summed E-state index contributed by atoms with van der Waals surface area (Å²) in [4.78, 5) is 0.903. The van der Waals surface area contributed by atoms with Crippen LogP contribution in [0.1, 0.15) is 71.1 Å². The molecular formula is C18H31NOS. The third-order valence-corrected chi connectivity index (χ3v) is 5.28. The van der Waals surface area contributed by atoms with Crippen LogP contribution in [-0.4, -0.2) is 9.96 Å². The van der Waals surface area contributed by atoms with Crippen molar-refractivity contribution in [2.45, 2.75) is 76.0 Å². The molecule has 0 amide bonds. The highest BCUT2D eigenvalue weighted by Gasteiger charge is 2.03. The molecule has 1 aromatic rings. The van der Waals surface area contributed by atoms with E-state index in [2.05, 4.69) is 6.92 Å². The van der Waals surface area contributed by atoms with Gasteiger partial charge in [0.1, 0.15) is 0 Å². The van der Waals surface area contributed by atoms with Crippen molar-refractivity contribution in [2.75, 3.05) is 11.5 Å². The largest absolute Gasteiger partial charge is 0.399 e. The lowest BCUT2D eigenvalue weighted by Crippen LogP contribution is -1.98. The van der Waals surface area contributed by atoms with Crippen molar-refractivity contribution in [3.05, 3.63) is 24.3 Å². The van der Waals surface area contributed by atoms with E-state index in [4.69, 9.17) is 5.73 Å². The molecule has 0 spiro atoms. The van der Waals surface area contributed by atoms with Crippen molar-refractivity contribution in [2.24, 2.45) is 0 Å². The Morgan fingerprint density at radius 3 is 1.81 bits per heavy atom. The van der Waals surface area contributed by atoms with Crippen molar-refractivity contribution in [1.29, 1.82) is 0 Å². The van der Waals surface area contributed by atoms with Crippen LogP contribution >= 0.6 is 0 Å². The first-order valence-corrected chi connectivity index (χ1v) is 9.80. The van der Waals surface area contributed by atoms with E-state index in [0.717, 1.165) is 22.8 Å². The third kappa shape index (κ3) is 8.92. The fourth-order valence-electron chi connectivity index (χ4n) is 2.46. The lowest BCUT2D eigenvalue weighted by atomic mass is 10.1. The Balaban J connectivity index is 1.96. The molecular weight excluding hydrogens is 278 g/mol. The van der Waals surface area contributed by atoms with Crippen molar-refractivity contribution < 1.29 is 4.21 Å². The number of hydrogen-bond donors (Lipinski definition) is 1. The van der Waals surface area contributed by atoms with E-state index in [1.165, 1.54) is 57.8 Å². The maximum absolute atomic E-state index is 12.1. The average Bonchev–Trinajstić information content (AvgIpc) is 2.49. The molecule has 0 fully saturated rings. The summed E-state index contributed by atoms with van der Waals surface area (Å²) >= 11 is 0. The number of nitrogen functional groups attached to an aromatic ring is 1. The van der Waals surface area contributed by atoms with Crippen LogP contribution in [-0.2, 0) is 10.8 Å². The van der Waals surface area contributed by atoms with Crippen LogP contribution in [0.3, 0.4) is 0 Å². The van der Waals surface area contributed by atoms with E-state index in [0.29, 0.717) is 0 Å². The molecule has 0 aliphatic heterocycles. The number of nitrogens with two attached hydrogens (primary N) is 1. The first-order chi connectivity index (χ1) is 10.2. The first kappa shape index (κ1) is 18.2. The molecule has 0 aliphatic carbocycles. The summed E-state index contributed by atoms with van der Waals surface area (Å²) in [6.07, 6.45) is 13.1. The number of anilines is 1. The predicted octanol–water partition coefficient (Wildman–Crippen LogP) is 5.30. The number of unbranched alkanes of at least 4 members (excludes halogenated alkanes) is 9. The van der Waals surface area contributed by atoms with Gasteiger partial charge >= 0.3 is 0 Å². The maximum Gasteiger partial charge on any atom is 0.0529 e. The highest BCUT2D eigenvalue weighted by atomic mass is 32.2. The van der Waals surface area contributed by atoms with E-state index in [-0.39, 0.29) is 0 Å². The Kier molecular flexibility index (Phi) is 10.2. The quantitative estimate of drug-likeness (QED) is 0.420. The molecule has 1 unspecified atom stereocenters. The monoisotopic (exact) mass is 309 g/mol. The number of rotatable bonds is 12. The molecule has 0 radical (unpaired) electrons. The standard InChI is InChI=1S/C18H31NOS/c1-2-3-4-5-6-7-8-9-10-11-16-21(20)18-14-12-17(19)13-15-18/h12-15H,2-11,16,19H2,1H3. The zero-order chi connectivity index (χ0) is 15.3. The summed E-state index contributed by atoms with van der Waals surface area (Å²) in [6, 6.07) is 7.40. The lowest BCUT2D eigenvalue weighted by Gasteiger charge is -2.04. The van der Waals surface area contributed by atoms with Crippen molar-refractivity contribution in [3.63, 3.8) is 0 Å². The van der Waals surface area contributed by atoms with Crippen LogP contribution in [0.15, 0.2) is 29.2 Å². The summed E-state index contributed by atoms with van der Waals surface area (Å²) in [5.74, 6) is 0.778. The highest BCUT2D eigenvalue weighted by molar-refractivity contribution is 7.85. The van der Waals surface area contributed by atoms with Gasteiger partial charge in [-0.2, -0.15) is 0 Å². The van der Waals surface area contributed by atoms with Crippen LogP contribution in [0.4, 0.5) is 5.69 Å². The minimum absolute atomic E-state index is 0.731. The highest BCUT2D eigenvalue weighted by Crippen LogP contribution is 2.13. The minimum atomic E-state index is -0.860. The van der Waals surface area contributed by atoms with E-state index >= 15 is 0 Å². The molecule has 1 aromatic carbocycles. The van der Waals surface area contributed by atoms with Gasteiger partial charge in [-0.25, -0.2) is 0 Å². The molecule has 120 valence electrons. The van der Waals surface area contributed by atoms with Gasteiger partial charge in [-0.15, -0.1) is 0 Å². The Hall–Kier alpha value is -0.830. The smallest absolute Gasteiger partial charge is 0.0529 e. The molecule has 0 heterocycles. The molecule has 2 nitrogen and oxygen atoms in total. The Labute approximate surface area is 133 Å². The number of hydrogen-bond acceptors (Lipinski definition) is 2. The predicted molar refractivity (Wildman–Crippen MR) is 94.0 cm³/mol. The average molecular weight is 310 g/mol. The molecule has 21 heavy (non-hydrogen) atoms. The normalized spacial score (nSPS) is 12.4. The van der Waals surface area contributed by atoms with Gasteiger partial charge in [0.2, 0.25) is 0 Å². The van der Waals surface area contributed by atoms with Gasteiger partial charge < -0.3 is 5.73 Å². The summed E-state index contributed by atoms with van der Waals surface area (Å²) < 4.78 is 12.1. The fourth-order valence-corrected chi connectivity index (χ4v) is 3.60. The summed E-state index contributed by atoms with van der Waals surface area (Å²) in [6.45, 7) is 2.26. The van der Waals surface area contributed by atoms with Gasteiger partial charge in [0, 0.05) is 16.3 Å². The van der Waals surface area contributed by atoms with Crippen LogP contribution in [0.25, 0.3) is 0 Å². The van der Waals surface area contributed by atoms with Gasteiger partial charge in [0.15, 0.2) is 0 Å². The first-order valence-electron chi connectivity index (χ1n) is 8.48. The third-order valence-electron chi connectivity index (χ3n) is 3.83. The molecule has 0 saturated carbocycles. The van der Waals surface area contributed by atoms with Crippen LogP contribution in [0.2, 0.25) is 0 Å². The number of benzene rings is 1. The van der Waals surface area contributed by atoms with E-state index in [1.54, 1.807) is 0 Å². The van der Waals surface area contributed by atoms with Crippen molar-refractivity contribution in [3.8, 4) is 0 Å². The molecule has 0 bridgehead atoms. The summed E-state index contributed by atoms with van der Waals surface area (Å²) in [5, 5.41) is 0. The molecule has 1 atom stereocenters. The van der Waals surface area contributed by atoms with E-state index in [9.17, 15) is 4.21 Å².